The number of ether oxygens (including phenoxy) is 3. The standard InChI is InChI=1S/C42H65NO7/c1-6-8-10-12-14-16-17-18-19-20-21-22-23-25-27-29-31-33-41(45)50-38(36-48-35-34-39(42(46)47)43(3,4)5)37-49-40(44)32-30-28-26-24-15-13-11-9-7-2/h8-11,14-16,18-19,21-22,24-25,27-28,30,38-39H,6-7,12-13,17,20,23,26,29,31-37H2,1-5H3/p+1/b10-8+,11-9+,16-14+,19-18+,22-21+,24-15+,27-25+,30-28+. The minimum absolute atomic E-state index is 0.00435. The first kappa shape index (κ1) is 46.2. The fourth-order valence-electron chi connectivity index (χ4n) is 4.48. The van der Waals surface area contributed by atoms with Gasteiger partial charge >= 0.3 is 17.9 Å². The van der Waals surface area contributed by atoms with Crippen molar-refractivity contribution in [2.24, 2.45) is 0 Å². The molecule has 0 spiro atoms. The molecule has 0 aliphatic carbocycles. The van der Waals surface area contributed by atoms with E-state index in [-0.39, 0.29) is 37.1 Å². The number of aliphatic carboxylic acids is 1. The second kappa shape index (κ2) is 32.5. The summed E-state index contributed by atoms with van der Waals surface area (Å²) in [4.78, 5) is 36.6. The first-order valence-electron chi connectivity index (χ1n) is 18.3. The quantitative estimate of drug-likeness (QED) is 0.0346. The van der Waals surface area contributed by atoms with E-state index in [1.54, 1.807) is 6.08 Å². The highest BCUT2D eigenvalue weighted by atomic mass is 16.6. The van der Waals surface area contributed by atoms with Crippen LogP contribution in [-0.2, 0) is 28.6 Å². The highest BCUT2D eigenvalue weighted by molar-refractivity contribution is 5.72. The molecule has 1 N–H and O–H groups in total. The van der Waals surface area contributed by atoms with Crippen LogP contribution in [0.4, 0.5) is 0 Å². The van der Waals surface area contributed by atoms with Crippen molar-refractivity contribution in [3.8, 4) is 0 Å². The molecule has 0 heterocycles. The van der Waals surface area contributed by atoms with E-state index in [0.29, 0.717) is 12.8 Å². The number of carbonyl (C=O) groups excluding carboxylic acids is 2. The molecule has 0 saturated carbocycles. The van der Waals surface area contributed by atoms with Gasteiger partial charge in [-0.2, -0.15) is 0 Å². The van der Waals surface area contributed by atoms with Crippen molar-refractivity contribution in [3.05, 3.63) is 97.2 Å². The van der Waals surface area contributed by atoms with Crippen molar-refractivity contribution < 1.29 is 38.2 Å². The molecule has 0 saturated heterocycles. The Morgan fingerprint density at radius 1 is 0.620 bits per heavy atom. The SMILES string of the molecule is CC/C=C/C/C=C/C/C=C/C/C=C/C/C=C/CCCC(=O)OC(COCCC(C(=O)O)[N+](C)(C)C)COC(=O)C/C=C/C/C=C/C/C=C/CC. The predicted molar refractivity (Wildman–Crippen MR) is 206 cm³/mol. The maximum atomic E-state index is 12.6. The second-order valence-electron chi connectivity index (χ2n) is 12.7. The van der Waals surface area contributed by atoms with Crippen LogP contribution in [0.1, 0.15) is 97.3 Å². The number of esters is 2. The number of carbonyl (C=O) groups is 3. The van der Waals surface area contributed by atoms with Crippen molar-refractivity contribution >= 4 is 17.9 Å². The Hall–Kier alpha value is -3.75. The van der Waals surface area contributed by atoms with Gasteiger partial charge in [0.15, 0.2) is 12.1 Å². The van der Waals surface area contributed by atoms with Gasteiger partial charge in [-0.1, -0.05) is 111 Å². The van der Waals surface area contributed by atoms with Crippen LogP contribution < -0.4 is 0 Å². The van der Waals surface area contributed by atoms with E-state index < -0.39 is 30.1 Å². The van der Waals surface area contributed by atoms with Crippen molar-refractivity contribution in [1.82, 2.24) is 0 Å². The van der Waals surface area contributed by atoms with Crippen LogP contribution in [0.2, 0.25) is 0 Å². The molecule has 8 nitrogen and oxygen atoms in total. The lowest BCUT2D eigenvalue weighted by molar-refractivity contribution is -0.887. The maximum Gasteiger partial charge on any atom is 0.362 e. The van der Waals surface area contributed by atoms with Crippen LogP contribution >= 0.6 is 0 Å². The zero-order chi connectivity index (χ0) is 37.1. The summed E-state index contributed by atoms with van der Waals surface area (Å²) in [6.07, 6.45) is 42.2. The Kier molecular flexibility index (Phi) is 30.0. The molecule has 0 rings (SSSR count). The predicted octanol–water partition coefficient (Wildman–Crippen LogP) is 9.18. The van der Waals surface area contributed by atoms with Gasteiger partial charge in [0.05, 0.1) is 40.8 Å². The summed E-state index contributed by atoms with van der Waals surface area (Å²) in [5, 5.41) is 9.56. The molecule has 8 heteroatoms. The first-order valence-corrected chi connectivity index (χ1v) is 18.3. The minimum atomic E-state index is -0.901. The third-order valence-electron chi connectivity index (χ3n) is 7.26. The van der Waals surface area contributed by atoms with Crippen LogP contribution in [-0.4, -0.2) is 80.6 Å². The Morgan fingerprint density at radius 2 is 1.08 bits per heavy atom. The average molecular weight is 697 g/mol. The smallest absolute Gasteiger partial charge is 0.362 e. The number of likely N-dealkylation sites (N-methyl/N-ethyl adjacent to an activating group) is 1. The lowest BCUT2D eigenvalue weighted by atomic mass is 10.1. The molecular weight excluding hydrogens is 630 g/mol. The van der Waals surface area contributed by atoms with Gasteiger partial charge in [0.25, 0.3) is 0 Å². The molecule has 2 unspecified atom stereocenters. The third kappa shape index (κ3) is 30.3. The number of rotatable bonds is 30. The molecule has 0 aromatic heterocycles. The summed E-state index contributed by atoms with van der Waals surface area (Å²) >= 11 is 0. The molecular formula is C42H66NO7+. The average Bonchev–Trinajstić information content (AvgIpc) is 3.06. The van der Waals surface area contributed by atoms with Gasteiger partial charge in [-0.3, -0.25) is 9.59 Å². The summed E-state index contributed by atoms with van der Waals surface area (Å²) in [7, 11) is 5.45. The lowest BCUT2D eigenvalue weighted by Gasteiger charge is -2.31. The van der Waals surface area contributed by atoms with Crippen LogP contribution in [0.25, 0.3) is 0 Å². The highest BCUT2D eigenvalue weighted by Gasteiger charge is 2.31. The van der Waals surface area contributed by atoms with E-state index in [4.69, 9.17) is 14.2 Å². The number of carboxylic acid groups (broad SMARTS) is 1. The van der Waals surface area contributed by atoms with Crippen LogP contribution in [0.15, 0.2) is 97.2 Å². The normalized spacial score (nSPS) is 14.2. The summed E-state index contributed by atoms with van der Waals surface area (Å²) < 4.78 is 17.0. The molecule has 0 aliphatic rings. The van der Waals surface area contributed by atoms with Gasteiger partial charge in [0.2, 0.25) is 0 Å². The fourth-order valence-corrected chi connectivity index (χ4v) is 4.48. The van der Waals surface area contributed by atoms with Gasteiger partial charge in [0, 0.05) is 12.8 Å². The fraction of sp³-hybridized carbons (Fsp3) is 0.548. The molecule has 0 amide bonds. The van der Waals surface area contributed by atoms with E-state index in [1.807, 2.05) is 33.3 Å². The minimum Gasteiger partial charge on any atom is -0.477 e. The summed E-state index contributed by atoms with van der Waals surface area (Å²) in [5.74, 6) is -1.72. The second-order valence-corrected chi connectivity index (χ2v) is 12.7. The van der Waals surface area contributed by atoms with Crippen LogP contribution in [0.3, 0.4) is 0 Å². The van der Waals surface area contributed by atoms with Crippen molar-refractivity contribution in [1.29, 1.82) is 0 Å². The van der Waals surface area contributed by atoms with Gasteiger partial charge in [-0.05, 0) is 64.2 Å². The van der Waals surface area contributed by atoms with Gasteiger partial charge in [-0.15, -0.1) is 0 Å². The molecule has 0 radical (unpaired) electrons. The van der Waals surface area contributed by atoms with Crippen molar-refractivity contribution in [3.63, 3.8) is 0 Å². The maximum absolute atomic E-state index is 12.6. The first-order chi connectivity index (χ1) is 24.1. The monoisotopic (exact) mass is 696 g/mol. The van der Waals surface area contributed by atoms with Crippen molar-refractivity contribution in [2.75, 3.05) is 41.0 Å². The number of hydrogen-bond donors (Lipinski definition) is 1. The number of nitrogens with zero attached hydrogens (tertiary/aromatic N) is 1. The largest absolute Gasteiger partial charge is 0.477 e. The Labute approximate surface area is 303 Å². The molecule has 0 aromatic rings. The van der Waals surface area contributed by atoms with Gasteiger partial charge in [0.1, 0.15) is 6.61 Å². The van der Waals surface area contributed by atoms with E-state index >= 15 is 0 Å². The molecule has 0 aliphatic heterocycles. The Bertz CT molecular complexity index is 1140. The summed E-state index contributed by atoms with van der Waals surface area (Å²) in [6, 6.07) is -0.640. The van der Waals surface area contributed by atoms with Gasteiger partial charge in [-0.25, -0.2) is 4.79 Å². The Balaban J connectivity index is 4.64. The number of unbranched alkanes of at least 4 members (excludes halogenated alkanes) is 1. The number of quaternary nitrogens is 1. The lowest BCUT2D eigenvalue weighted by Crippen LogP contribution is -2.50. The third-order valence-corrected chi connectivity index (χ3v) is 7.26. The molecule has 50 heavy (non-hydrogen) atoms. The molecule has 0 fully saturated rings. The van der Waals surface area contributed by atoms with Crippen LogP contribution in [0, 0.1) is 0 Å². The van der Waals surface area contributed by atoms with Crippen LogP contribution in [0.5, 0.6) is 0 Å². The van der Waals surface area contributed by atoms with E-state index in [2.05, 4.69) is 92.8 Å². The van der Waals surface area contributed by atoms with E-state index in [9.17, 15) is 19.5 Å². The zero-order valence-electron chi connectivity index (χ0n) is 31.5. The van der Waals surface area contributed by atoms with E-state index in [1.165, 1.54) is 0 Å². The zero-order valence-corrected chi connectivity index (χ0v) is 31.5. The van der Waals surface area contributed by atoms with E-state index in [0.717, 1.165) is 57.8 Å². The molecule has 0 aromatic carbocycles. The molecule has 280 valence electrons. The topological polar surface area (TPSA) is 99.1 Å². The Morgan fingerprint density at radius 3 is 1.54 bits per heavy atom. The van der Waals surface area contributed by atoms with Crippen molar-refractivity contribution in [2.45, 2.75) is 109 Å². The molecule has 0 bridgehead atoms. The summed E-state index contributed by atoms with van der Waals surface area (Å²) in [5.41, 5.74) is 0. The van der Waals surface area contributed by atoms with Gasteiger partial charge < -0.3 is 23.8 Å². The number of allylic oxidation sites excluding steroid dienone is 15. The number of carboxylic acids is 1. The molecule has 2 atom stereocenters. The highest BCUT2D eigenvalue weighted by Crippen LogP contribution is 2.10. The summed E-state index contributed by atoms with van der Waals surface area (Å²) in [6.45, 7) is 4.28. The number of hydrogen-bond acceptors (Lipinski definition) is 6.